The Labute approximate surface area is 152 Å². The third-order valence-electron chi connectivity index (χ3n) is 4.61. The third kappa shape index (κ3) is 4.59. The predicted molar refractivity (Wildman–Crippen MR) is 95.8 cm³/mol. The molecule has 0 spiro atoms. The minimum atomic E-state index is -0.545. The number of ether oxygens (including phenoxy) is 2. The van der Waals surface area contributed by atoms with Crippen LogP contribution in [0.1, 0.15) is 21.5 Å². The van der Waals surface area contributed by atoms with E-state index in [-0.39, 0.29) is 17.2 Å². The summed E-state index contributed by atoms with van der Waals surface area (Å²) in [5.41, 5.74) is 2.57. The number of benzene rings is 2. The second-order valence-electron chi connectivity index (χ2n) is 6.34. The van der Waals surface area contributed by atoms with Crippen LogP contribution >= 0.6 is 0 Å². The van der Waals surface area contributed by atoms with Crippen LogP contribution in [0.2, 0.25) is 0 Å². The molecular weight excluding hydrogens is 335 g/mol. The number of halogens is 1. The van der Waals surface area contributed by atoms with Crippen molar-refractivity contribution < 1.29 is 23.6 Å². The Morgan fingerprint density at radius 3 is 2.62 bits per heavy atom. The van der Waals surface area contributed by atoms with E-state index in [2.05, 4.69) is 11.4 Å². The number of amides is 1. The Kier molecular flexibility index (Phi) is 6.20. The average molecular weight is 359 g/mol. The summed E-state index contributed by atoms with van der Waals surface area (Å²) in [5.74, 6) is -0.725. The number of nitrogens with one attached hydrogen (secondary N) is 2. The molecule has 2 aromatic carbocycles. The number of rotatable bonds is 6. The van der Waals surface area contributed by atoms with E-state index in [0.29, 0.717) is 6.54 Å². The summed E-state index contributed by atoms with van der Waals surface area (Å²) in [6.45, 7) is 4.88. The van der Waals surface area contributed by atoms with Crippen molar-refractivity contribution in [3.8, 4) is 5.75 Å². The number of hydrogen-bond donors (Lipinski definition) is 2. The first kappa shape index (κ1) is 18.4. The standard InChI is InChI=1S/C20H23FN2O3/c1-25-19-7-6-15(12-18(19)21)20(24)22-13-16-4-2-3-5-17(16)14-23-8-10-26-11-9-23/h2-7,12H,8-11,13-14H2,1H3,(H,22,24)/p+1. The molecule has 2 N–H and O–H groups in total. The van der Waals surface area contributed by atoms with Crippen LogP contribution in [-0.4, -0.2) is 39.3 Å². The molecule has 1 heterocycles. The van der Waals surface area contributed by atoms with Gasteiger partial charge in [0.15, 0.2) is 11.6 Å². The maximum Gasteiger partial charge on any atom is 0.251 e. The molecule has 26 heavy (non-hydrogen) atoms. The fourth-order valence-electron chi connectivity index (χ4n) is 3.09. The van der Waals surface area contributed by atoms with Crippen molar-refractivity contribution in [2.45, 2.75) is 13.1 Å². The summed E-state index contributed by atoms with van der Waals surface area (Å²) in [4.78, 5) is 13.8. The van der Waals surface area contributed by atoms with Crippen LogP contribution in [0.4, 0.5) is 4.39 Å². The number of carbonyl (C=O) groups is 1. The molecule has 1 aliphatic heterocycles. The predicted octanol–water partition coefficient (Wildman–Crippen LogP) is 1.18. The van der Waals surface area contributed by atoms with Crippen LogP contribution in [0.15, 0.2) is 42.5 Å². The highest BCUT2D eigenvalue weighted by atomic mass is 19.1. The Bertz CT molecular complexity index is 760. The van der Waals surface area contributed by atoms with Crippen molar-refractivity contribution in [3.63, 3.8) is 0 Å². The van der Waals surface area contributed by atoms with E-state index in [9.17, 15) is 9.18 Å². The molecule has 0 atom stereocenters. The highest BCUT2D eigenvalue weighted by molar-refractivity contribution is 5.94. The molecule has 2 aromatic rings. The van der Waals surface area contributed by atoms with Crippen molar-refractivity contribution in [1.29, 1.82) is 0 Å². The monoisotopic (exact) mass is 359 g/mol. The second kappa shape index (κ2) is 8.78. The van der Waals surface area contributed by atoms with Crippen LogP contribution in [0.3, 0.4) is 0 Å². The Morgan fingerprint density at radius 1 is 1.19 bits per heavy atom. The zero-order valence-electron chi connectivity index (χ0n) is 14.9. The van der Waals surface area contributed by atoms with E-state index >= 15 is 0 Å². The first-order chi connectivity index (χ1) is 12.7. The van der Waals surface area contributed by atoms with Crippen molar-refractivity contribution in [1.82, 2.24) is 5.32 Å². The lowest BCUT2D eigenvalue weighted by molar-refractivity contribution is -0.921. The number of methoxy groups -OCH3 is 1. The first-order valence-corrected chi connectivity index (χ1v) is 8.77. The summed E-state index contributed by atoms with van der Waals surface area (Å²) >= 11 is 0. The van der Waals surface area contributed by atoms with E-state index in [0.717, 1.165) is 38.4 Å². The summed E-state index contributed by atoms with van der Waals surface area (Å²) < 4.78 is 24.1. The van der Waals surface area contributed by atoms with Gasteiger partial charge in [-0.05, 0) is 23.8 Å². The number of quaternary nitrogens is 1. The van der Waals surface area contributed by atoms with Gasteiger partial charge in [0.05, 0.1) is 20.3 Å². The Morgan fingerprint density at radius 2 is 1.92 bits per heavy atom. The van der Waals surface area contributed by atoms with Gasteiger partial charge >= 0.3 is 0 Å². The smallest absolute Gasteiger partial charge is 0.251 e. The molecule has 0 aromatic heterocycles. The van der Waals surface area contributed by atoms with Crippen LogP contribution in [0.5, 0.6) is 5.75 Å². The van der Waals surface area contributed by atoms with Gasteiger partial charge in [0.25, 0.3) is 5.91 Å². The van der Waals surface area contributed by atoms with Gasteiger partial charge in [-0.3, -0.25) is 4.79 Å². The molecule has 1 aliphatic rings. The molecule has 6 heteroatoms. The average Bonchev–Trinajstić information content (AvgIpc) is 2.68. The number of carbonyl (C=O) groups excluding carboxylic acids is 1. The topological polar surface area (TPSA) is 52.0 Å². The molecule has 0 saturated carbocycles. The van der Waals surface area contributed by atoms with Crippen molar-refractivity contribution in [2.24, 2.45) is 0 Å². The molecule has 0 radical (unpaired) electrons. The van der Waals surface area contributed by atoms with E-state index < -0.39 is 5.82 Å². The minimum Gasteiger partial charge on any atom is -0.494 e. The molecule has 3 rings (SSSR count). The van der Waals surface area contributed by atoms with E-state index in [1.165, 1.54) is 29.7 Å². The van der Waals surface area contributed by atoms with Gasteiger partial charge in [0, 0.05) is 17.7 Å². The lowest BCUT2D eigenvalue weighted by Gasteiger charge is -2.24. The maximum absolute atomic E-state index is 13.8. The van der Waals surface area contributed by atoms with Gasteiger partial charge in [0.1, 0.15) is 19.6 Å². The van der Waals surface area contributed by atoms with Crippen molar-refractivity contribution >= 4 is 5.91 Å². The van der Waals surface area contributed by atoms with Crippen molar-refractivity contribution in [3.05, 3.63) is 65.0 Å². The molecule has 0 unspecified atom stereocenters. The van der Waals surface area contributed by atoms with Crippen molar-refractivity contribution in [2.75, 3.05) is 33.4 Å². The normalized spacial score (nSPS) is 14.8. The van der Waals surface area contributed by atoms with Gasteiger partial charge in [0.2, 0.25) is 0 Å². The second-order valence-corrected chi connectivity index (χ2v) is 6.34. The molecule has 1 saturated heterocycles. The highest BCUT2D eigenvalue weighted by Gasteiger charge is 2.16. The lowest BCUT2D eigenvalue weighted by atomic mass is 10.1. The summed E-state index contributed by atoms with van der Waals surface area (Å²) in [7, 11) is 1.39. The number of morpholine rings is 1. The number of hydrogen-bond acceptors (Lipinski definition) is 3. The zero-order valence-corrected chi connectivity index (χ0v) is 14.9. The molecule has 138 valence electrons. The Balaban J connectivity index is 1.63. The van der Waals surface area contributed by atoms with E-state index in [1.54, 1.807) is 6.07 Å². The first-order valence-electron chi connectivity index (χ1n) is 8.77. The van der Waals surface area contributed by atoms with Crippen LogP contribution in [0, 0.1) is 5.82 Å². The van der Waals surface area contributed by atoms with Crippen LogP contribution in [-0.2, 0) is 17.8 Å². The van der Waals surface area contributed by atoms with Crippen LogP contribution in [0.25, 0.3) is 0 Å². The Hall–Kier alpha value is -2.44. The summed E-state index contributed by atoms with van der Waals surface area (Å²) in [6.07, 6.45) is 0. The van der Waals surface area contributed by atoms with E-state index in [4.69, 9.17) is 9.47 Å². The van der Waals surface area contributed by atoms with Gasteiger partial charge in [-0.25, -0.2) is 4.39 Å². The molecule has 1 fully saturated rings. The summed E-state index contributed by atoms with van der Waals surface area (Å²) in [6, 6.07) is 12.3. The lowest BCUT2D eigenvalue weighted by Crippen LogP contribution is -3.12. The molecule has 1 amide bonds. The maximum atomic E-state index is 13.8. The molecular formula is C20H24FN2O3+. The van der Waals surface area contributed by atoms with Crippen LogP contribution < -0.4 is 15.0 Å². The summed E-state index contributed by atoms with van der Waals surface area (Å²) in [5, 5.41) is 2.88. The third-order valence-corrected chi connectivity index (χ3v) is 4.61. The van der Waals surface area contributed by atoms with Gasteiger partial charge < -0.3 is 19.7 Å². The molecule has 5 nitrogen and oxygen atoms in total. The van der Waals surface area contributed by atoms with E-state index in [1.807, 2.05) is 18.2 Å². The SMILES string of the molecule is COc1ccc(C(=O)NCc2ccccc2C[NH+]2CCOCC2)cc1F. The quantitative estimate of drug-likeness (QED) is 0.814. The fourth-order valence-corrected chi connectivity index (χ4v) is 3.09. The largest absolute Gasteiger partial charge is 0.494 e. The fraction of sp³-hybridized carbons (Fsp3) is 0.350. The minimum absolute atomic E-state index is 0.125. The molecule has 0 aliphatic carbocycles. The van der Waals surface area contributed by atoms with Gasteiger partial charge in [-0.1, -0.05) is 24.3 Å². The zero-order chi connectivity index (χ0) is 18.4. The van der Waals surface area contributed by atoms with Gasteiger partial charge in [-0.2, -0.15) is 0 Å². The molecule has 0 bridgehead atoms. The van der Waals surface area contributed by atoms with Gasteiger partial charge in [-0.15, -0.1) is 0 Å². The highest BCUT2D eigenvalue weighted by Crippen LogP contribution is 2.17.